The quantitative estimate of drug-likeness (QED) is 0.834. The number of aromatic hydroxyl groups is 1. The van der Waals surface area contributed by atoms with Crippen LogP contribution in [0.15, 0.2) is 29.3 Å². The third-order valence-corrected chi connectivity index (χ3v) is 2.90. The van der Waals surface area contributed by atoms with Crippen molar-refractivity contribution in [2.45, 2.75) is 12.5 Å². The van der Waals surface area contributed by atoms with E-state index in [0.29, 0.717) is 17.0 Å². The zero-order valence-electron chi connectivity index (χ0n) is 7.91. The number of phenols is 1. The van der Waals surface area contributed by atoms with E-state index in [0.717, 1.165) is 4.47 Å². The van der Waals surface area contributed by atoms with Crippen molar-refractivity contribution in [2.75, 3.05) is 0 Å². The van der Waals surface area contributed by atoms with Crippen molar-refractivity contribution in [3.63, 3.8) is 0 Å². The van der Waals surface area contributed by atoms with Crippen LogP contribution >= 0.6 is 39.9 Å². The summed E-state index contributed by atoms with van der Waals surface area (Å²) in [6.07, 6.45) is 2.30. The monoisotopic (exact) mass is 311 g/mol. The van der Waals surface area contributed by atoms with Gasteiger partial charge in [0.25, 0.3) is 0 Å². The number of phenolic OH excluding ortho intramolecular Hbond substituents is 1. The zero-order chi connectivity index (χ0) is 10.7. The van der Waals surface area contributed by atoms with Gasteiger partial charge in [0.2, 0.25) is 0 Å². The van der Waals surface area contributed by atoms with Gasteiger partial charge in [-0.25, -0.2) is 0 Å². The molecule has 3 N–H and O–H groups in total. The maximum absolute atomic E-state index is 9.70. The maximum atomic E-state index is 9.70. The molecule has 0 bridgehead atoms. The van der Waals surface area contributed by atoms with Crippen LogP contribution in [0.1, 0.15) is 18.0 Å². The molecule has 0 radical (unpaired) electrons. The summed E-state index contributed by atoms with van der Waals surface area (Å²) in [7, 11) is 0. The van der Waals surface area contributed by atoms with Crippen molar-refractivity contribution < 1.29 is 5.11 Å². The van der Waals surface area contributed by atoms with Crippen LogP contribution in [-0.4, -0.2) is 5.11 Å². The first kappa shape index (κ1) is 14.8. The molecule has 15 heavy (non-hydrogen) atoms. The van der Waals surface area contributed by atoms with E-state index in [1.165, 1.54) is 0 Å². The molecule has 0 aliphatic rings. The Labute approximate surface area is 109 Å². The molecule has 0 aliphatic heterocycles. The second-order valence-electron chi connectivity index (χ2n) is 2.92. The Morgan fingerprint density at radius 2 is 2.20 bits per heavy atom. The highest BCUT2D eigenvalue weighted by molar-refractivity contribution is 9.10. The SMILES string of the molecule is C=CC[C@H](N)c1c(Br)ccc(Cl)c1O.Cl. The fourth-order valence-electron chi connectivity index (χ4n) is 1.21. The molecule has 5 heteroatoms. The van der Waals surface area contributed by atoms with Crippen LogP contribution in [0.2, 0.25) is 5.02 Å². The number of nitrogens with two attached hydrogens (primary N) is 1. The van der Waals surface area contributed by atoms with Gasteiger partial charge in [-0.3, -0.25) is 0 Å². The van der Waals surface area contributed by atoms with Crippen LogP contribution < -0.4 is 5.73 Å². The summed E-state index contributed by atoms with van der Waals surface area (Å²) in [4.78, 5) is 0. The highest BCUT2D eigenvalue weighted by atomic mass is 79.9. The van der Waals surface area contributed by atoms with Gasteiger partial charge in [0.15, 0.2) is 0 Å². The molecule has 1 atom stereocenters. The van der Waals surface area contributed by atoms with Crippen LogP contribution in [-0.2, 0) is 0 Å². The summed E-state index contributed by atoms with van der Waals surface area (Å²) >= 11 is 9.10. The molecule has 84 valence electrons. The Morgan fingerprint density at radius 3 is 2.73 bits per heavy atom. The summed E-state index contributed by atoms with van der Waals surface area (Å²) < 4.78 is 0.758. The Bertz CT molecular complexity index is 358. The highest BCUT2D eigenvalue weighted by Gasteiger charge is 2.15. The van der Waals surface area contributed by atoms with E-state index >= 15 is 0 Å². The van der Waals surface area contributed by atoms with Gasteiger partial charge >= 0.3 is 0 Å². The van der Waals surface area contributed by atoms with Gasteiger partial charge in [-0.05, 0) is 18.6 Å². The third-order valence-electron chi connectivity index (χ3n) is 1.91. The predicted molar refractivity (Wildman–Crippen MR) is 69.8 cm³/mol. The minimum Gasteiger partial charge on any atom is -0.506 e. The van der Waals surface area contributed by atoms with E-state index < -0.39 is 0 Å². The van der Waals surface area contributed by atoms with Crippen LogP contribution in [0.5, 0.6) is 5.75 Å². The van der Waals surface area contributed by atoms with Crippen LogP contribution in [0, 0.1) is 0 Å². The normalized spacial score (nSPS) is 11.7. The van der Waals surface area contributed by atoms with Crippen molar-refractivity contribution in [3.05, 3.63) is 39.8 Å². The molecular formula is C10H12BrCl2NO. The van der Waals surface area contributed by atoms with E-state index in [1.54, 1.807) is 18.2 Å². The van der Waals surface area contributed by atoms with Crippen molar-refractivity contribution in [3.8, 4) is 5.75 Å². The van der Waals surface area contributed by atoms with Crippen LogP contribution in [0.25, 0.3) is 0 Å². The fourth-order valence-corrected chi connectivity index (χ4v) is 1.99. The van der Waals surface area contributed by atoms with Gasteiger partial charge in [-0.2, -0.15) is 0 Å². The summed E-state index contributed by atoms with van der Waals surface area (Å²) in [5.74, 6) is 0.0374. The van der Waals surface area contributed by atoms with Crippen molar-refractivity contribution in [2.24, 2.45) is 5.73 Å². The molecular weight excluding hydrogens is 301 g/mol. The largest absolute Gasteiger partial charge is 0.506 e. The van der Waals surface area contributed by atoms with Gasteiger partial charge in [0, 0.05) is 16.1 Å². The number of rotatable bonds is 3. The van der Waals surface area contributed by atoms with Crippen LogP contribution in [0.4, 0.5) is 0 Å². The number of hydrogen-bond donors (Lipinski definition) is 2. The van der Waals surface area contributed by atoms with Gasteiger partial charge in [0.1, 0.15) is 5.75 Å². The van der Waals surface area contributed by atoms with Crippen LogP contribution in [0.3, 0.4) is 0 Å². The first-order valence-corrected chi connectivity index (χ1v) is 5.28. The van der Waals surface area contributed by atoms with Gasteiger partial charge < -0.3 is 10.8 Å². The Balaban J connectivity index is 0.00000196. The molecule has 1 aromatic carbocycles. The first-order valence-electron chi connectivity index (χ1n) is 4.11. The molecule has 0 aromatic heterocycles. The molecule has 0 fully saturated rings. The lowest BCUT2D eigenvalue weighted by Gasteiger charge is -2.14. The molecule has 0 saturated carbocycles. The Morgan fingerprint density at radius 1 is 1.60 bits per heavy atom. The lowest BCUT2D eigenvalue weighted by atomic mass is 10.0. The molecule has 2 nitrogen and oxygen atoms in total. The van der Waals surface area contributed by atoms with E-state index in [4.69, 9.17) is 17.3 Å². The second-order valence-corrected chi connectivity index (χ2v) is 4.18. The lowest BCUT2D eigenvalue weighted by Crippen LogP contribution is -2.10. The lowest BCUT2D eigenvalue weighted by molar-refractivity contribution is 0.461. The van der Waals surface area contributed by atoms with E-state index in [-0.39, 0.29) is 24.2 Å². The van der Waals surface area contributed by atoms with Gasteiger partial charge in [-0.15, -0.1) is 19.0 Å². The van der Waals surface area contributed by atoms with E-state index in [9.17, 15) is 5.11 Å². The third kappa shape index (κ3) is 3.38. The standard InChI is InChI=1S/C10H11BrClNO.ClH/c1-2-3-8(13)9-6(11)4-5-7(12)10(9)14;/h2,4-5,8,14H,1,3,13H2;1H/t8-;/m0./s1. The number of halogens is 3. The molecule has 0 spiro atoms. The molecule has 0 unspecified atom stereocenters. The summed E-state index contributed by atoms with van der Waals surface area (Å²) in [5.41, 5.74) is 6.48. The molecule has 0 heterocycles. The van der Waals surface area contributed by atoms with Crippen molar-refractivity contribution in [1.29, 1.82) is 0 Å². The molecule has 1 rings (SSSR count). The molecule has 1 aromatic rings. The van der Waals surface area contributed by atoms with Crippen molar-refractivity contribution >= 4 is 39.9 Å². The smallest absolute Gasteiger partial charge is 0.140 e. The van der Waals surface area contributed by atoms with Gasteiger partial charge in [0.05, 0.1) is 5.02 Å². The first-order chi connectivity index (χ1) is 6.57. The number of benzene rings is 1. The molecule has 0 aliphatic carbocycles. The average molecular weight is 313 g/mol. The predicted octanol–water partition coefficient (Wildman–Crippen LogP) is 3.81. The average Bonchev–Trinajstić information content (AvgIpc) is 2.13. The zero-order valence-corrected chi connectivity index (χ0v) is 11.1. The second kappa shape index (κ2) is 6.38. The molecule has 0 saturated heterocycles. The Kier molecular flexibility index (Phi) is 6.29. The summed E-state index contributed by atoms with van der Waals surface area (Å²) in [5, 5.41) is 10.0. The molecule has 0 amide bonds. The summed E-state index contributed by atoms with van der Waals surface area (Å²) in [6, 6.07) is 3.09. The van der Waals surface area contributed by atoms with E-state index in [1.807, 2.05) is 0 Å². The maximum Gasteiger partial charge on any atom is 0.140 e. The number of hydrogen-bond acceptors (Lipinski definition) is 2. The topological polar surface area (TPSA) is 46.2 Å². The summed E-state index contributed by atoms with van der Waals surface area (Å²) in [6.45, 7) is 3.60. The van der Waals surface area contributed by atoms with Gasteiger partial charge in [-0.1, -0.05) is 33.6 Å². The minimum atomic E-state index is -0.291. The fraction of sp³-hybridized carbons (Fsp3) is 0.200. The Hall–Kier alpha value is -0.220. The minimum absolute atomic E-state index is 0. The van der Waals surface area contributed by atoms with E-state index in [2.05, 4.69) is 22.5 Å². The van der Waals surface area contributed by atoms with Crippen molar-refractivity contribution in [1.82, 2.24) is 0 Å². The highest BCUT2D eigenvalue weighted by Crippen LogP contribution is 2.37.